The Hall–Kier alpha value is -2.62. The molecule has 7 nitrogen and oxygen atoms in total. The molecule has 0 saturated carbocycles. The summed E-state index contributed by atoms with van der Waals surface area (Å²) in [6.45, 7) is 0.159. The van der Waals surface area contributed by atoms with E-state index in [-0.39, 0.29) is 19.8 Å². The highest BCUT2D eigenvalue weighted by molar-refractivity contribution is 5.15. The van der Waals surface area contributed by atoms with Gasteiger partial charge in [0.1, 0.15) is 30.5 Å². The van der Waals surface area contributed by atoms with Gasteiger partial charge in [-0.3, -0.25) is 0 Å². The fraction of sp³-hybridized carbons (Fsp3) is 0.357. The number of aliphatic hydroxyl groups excluding tert-OH is 3. The predicted molar refractivity (Wildman–Crippen MR) is 129 cm³/mol. The molecule has 1 heterocycles. The molecule has 3 N–H and O–H groups in total. The van der Waals surface area contributed by atoms with Crippen molar-refractivity contribution >= 4 is 0 Å². The lowest BCUT2D eigenvalue weighted by Crippen LogP contribution is -2.63. The van der Waals surface area contributed by atoms with Gasteiger partial charge in [-0.25, -0.2) is 0 Å². The lowest BCUT2D eigenvalue weighted by atomic mass is 9.94. The van der Waals surface area contributed by atoms with Crippen molar-refractivity contribution in [2.45, 2.75) is 56.6 Å². The van der Waals surface area contributed by atoms with Gasteiger partial charge >= 0.3 is 0 Å². The molecule has 35 heavy (non-hydrogen) atoms. The Labute approximate surface area is 205 Å². The number of rotatable bonds is 11. The van der Waals surface area contributed by atoms with Crippen LogP contribution >= 0.6 is 0 Å². The van der Waals surface area contributed by atoms with Crippen molar-refractivity contribution in [3.05, 3.63) is 108 Å². The number of hydrogen-bond acceptors (Lipinski definition) is 7. The highest BCUT2D eigenvalue weighted by atomic mass is 16.7. The Balaban J connectivity index is 1.58. The summed E-state index contributed by atoms with van der Waals surface area (Å²) in [6.07, 6.45) is -6.16. The van der Waals surface area contributed by atoms with Crippen LogP contribution in [-0.4, -0.2) is 58.7 Å². The molecule has 0 radical (unpaired) electrons. The largest absolute Gasteiger partial charge is 0.394 e. The molecule has 0 aliphatic carbocycles. The highest BCUT2D eigenvalue weighted by Gasteiger charge is 2.50. The van der Waals surface area contributed by atoms with E-state index in [0.717, 1.165) is 16.7 Å². The summed E-state index contributed by atoms with van der Waals surface area (Å²) in [5, 5.41) is 31.0. The lowest BCUT2D eigenvalue weighted by Gasteiger charge is -2.45. The average molecular weight is 481 g/mol. The molecule has 6 atom stereocenters. The SMILES string of the molecule is OCC(O)[C@H]1O[C@H](O)[C@@H](OCc2ccccc2)[C@@H](OCc2ccccc2)[C@@H]1OCc1ccccc1. The average Bonchev–Trinajstić information content (AvgIpc) is 2.91. The van der Waals surface area contributed by atoms with E-state index in [0.29, 0.717) is 0 Å². The lowest BCUT2D eigenvalue weighted by molar-refractivity contribution is -0.325. The van der Waals surface area contributed by atoms with Crippen LogP contribution in [0.25, 0.3) is 0 Å². The van der Waals surface area contributed by atoms with E-state index in [1.807, 2.05) is 91.0 Å². The first kappa shape index (κ1) is 25.5. The summed E-state index contributed by atoms with van der Waals surface area (Å²) in [4.78, 5) is 0. The molecular weight excluding hydrogens is 448 g/mol. The first-order valence-electron chi connectivity index (χ1n) is 11.7. The van der Waals surface area contributed by atoms with E-state index < -0.39 is 43.4 Å². The smallest absolute Gasteiger partial charge is 0.184 e. The topological polar surface area (TPSA) is 97.6 Å². The fourth-order valence-electron chi connectivity index (χ4n) is 4.12. The van der Waals surface area contributed by atoms with Crippen molar-refractivity contribution in [2.24, 2.45) is 0 Å². The Bertz CT molecular complexity index is 986. The quantitative estimate of drug-likeness (QED) is 0.388. The van der Waals surface area contributed by atoms with Crippen molar-refractivity contribution in [3.63, 3.8) is 0 Å². The van der Waals surface area contributed by atoms with Gasteiger partial charge in [0.15, 0.2) is 6.29 Å². The van der Waals surface area contributed by atoms with Crippen LogP contribution in [-0.2, 0) is 38.8 Å². The second kappa shape index (κ2) is 12.9. The Morgan fingerprint density at radius 1 is 0.629 bits per heavy atom. The van der Waals surface area contributed by atoms with Gasteiger partial charge in [-0.05, 0) is 16.7 Å². The summed E-state index contributed by atoms with van der Waals surface area (Å²) < 4.78 is 24.3. The van der Waals surface area contributed by atoms with Crippen LogP contribution in [0.5, 0.6) is 0 Å². The molecule has 0 amide bonds. The van der Waals surface area contributed by atoms with Crippen molar-refractivity contribution in [1.82, 2.24) is 0 Å². The summed E-state index contributed by atoms with van der Waals surface area (Å²) in [5.41, 5.74) is 2.80. The van der Waals surface area contributed by atoms with Crippen LogP contribution in [0.2, 0.25) is 0 Å². The van der Waals surface area contributed by atoms with Crippen LogP contribution in [0.4, 0.5) is 0 Å². The van der Waals surface area contributed by atoms with Crippen LogP contribution < -0.4 is 0 Å². The fourth-order valence-corrected chi connectivity index (χ4v) is 4.12. The zero-order chi connectivity index (χ0) is 24.5. The van der Waals surface area contributed by atoms with Crippen LogP contribution in [0.15, 0.2) is 91.0 Å². The molecule has 4 rings (SSSR count). The highest BCUT2D eigenvalue weighted by Crippen LogP contribution is 2.31. The zero-order valence-corrected chi connectivity index (χ0v) is 19.4. The van der Waals surface area contributed by atoms with Crippen LogP contribution in [0.1, 0.15) is 16.7 Å². The number of benzene rings is 3. The second-order valence-corrected chi connectivity index (χ2v) is 8.52. The van der Waals surface area contributed by atoms with Gasteiger partial charge in [0.05, 0.1) is 26.4 Å². The zero-order valence-electron chi connectivity index (χ0n) is 19.4. The molecule has 0 spiro atoms. The second-order valence-electron chi connectivity index (χ2n) is 8.52. The molecular formula is C28H32O7. The number of ether oxygens (including phenoxy) is 4. The van der Waals surface area contributed by atoms with E-state index in [4.69, 9.17) is 18.9 Å². The molecule has 0 aromatic heterocycles. The Morgan fingerprint density at radius 2 is 1.03 bits per heavy atom. The molecule has 3 aromatic carbocycles. The van der Waals surface area contributed by atoms with E-state index in [2.05, 4.69) is 0 Å². The van der Waals surface area contributed by atoms with Crippen molar-refractivity contribution in [2.75, 3.05) is 6.61 Å². The van der Waals surface area contributed by atoms with E-state index in [9.17, 15) is 15.3 Å². The Morgan fingerprint density at radius 3 is 1.46 bits per heavy atom. The minimum atomic E-state index is -1.39. The van der Waals surface area contributed by atoms with Crippen molar-refractivity contribution in [3.8, 4) is 0 Å². The van der Waals surface area contributed by atoms with Gasteiger partial charge in [0.25, 0.3) is 0 Å². The molecule has 1 aliphatic heterocycles. The molecule has 1 aliphatic rings. The molecule has 0 bridgehead atoms. The molecule has 186 valence electrons. The molecule has 1 fully saturated rings. The minimum absolute atomic E-state index is 0.232. The summed E-state index contributed by atoms with van der Waals surface area (Å²) in [7, 11) is 0. The number of hydrogen-bond donors (Lipinski definition) is 3. The standard InChI is InChI=1S/C28H32O7/c29-16-23(30)24-25(32-17-20-10-4-1-5-11-20)26(33-18-21-12-6-2-7-13-21)27(28(31)35-24)34-19-22-14-8-3-9-15-22/h1-15,23-31H,16-19H2/t23?,24-,25-,26+,27+,28+/m1/s1. The van der Waals surface area contributed by atoms with Gasteiger partial charge in [0.2, 0.25) is 0 Å². The first-order chi connectivity index (χ1) is 17.2. The third-order valence-corrected chi connectivity index (χ3v) is 5.97. The summed E-state index contributed by atoms with van der Waals surface area (Å²) in [6, 6.07) is 28.8. The van der Waals surface area contributed by atoms with Crippen LogP contribution in [0.3, 0.4) is 0 Å². The van der Waals surface area contributed by atoms with E-state index in [1.54, 1.807) is 0 Å². The monoisotopic (exact) mass is 480 g/mol. The van der Waals surface area contributed by atoms with Crippen molar-refractivity contribution in [1.29, 1.82) is 0 Å². The molecule has 1 saturated heterocycles. The van der Waals surface area contributed by atoms with E-state index in [1.165, 1.54) is 0 Å². The number of aliphatic hydroxyl groups is 3. The summed E-state index contributed by atoms with van der Waals surface area (Å²) in [5.74, 6) is 0. The maximum Gasteiger partial charge on any atom is 0.184 e. The third kappa shape index (κ3) is 6.96. The molecule has 1 unspecified atom stereocenters. The first-order valence-corrected chi connectivity index (χ1v) is 11.7. The molecule has 7 heteroatoms. The Kier molecular flexibility index (Phi) is 9.39. The maximum absolute atomic E-state index is 10.9. The summed E-state index contributed by atoms with van der Waals surface area (Å²) >= 11 is 0. The normalized spacial score (nSPS) is 25.3. The van der Waals surface area contributed by atoms with Gasteiger partial charge in [-0.1, -0.05) is 91.0 Å². The minimum Gasteiger partial charge on any atom is -0.394 e. The van der Waals surface area contributed by atoms with Gasteiger partial charge < -0.3 is 34.3 Å². The van der Waals surface area contributed by atoms with E-state index >= 15 is 0 Å². The van der Waals surface area contributed by atoms with Crippen molar-refractivity contribution < 1.29 is 34.3 Å². The predicted octanol–water partition coefficient (Wildman–Crippen LogP) is 2.81. The molecule has 3 aromatic rings. The van der Waals surface area contributed by atoms with Gasteiger partial charge in [0, 0.05) is 0 Å². The van der Waals surface area contributed by atoms with Crippen LogP contribution in [0, 0.1) is 0 Å². The third-order valence-electron chi connectivity index (χ3n) is 5.97. The van der Waals surface area contributed by atoms with Gasteiger partial charge in [-0.2, -0.15) is 0 Å². The van der Waals surface area contributed by atoms with Gasteiger partial charge in [-0.15, -0.1) is 0 Å². The maximum atomic E-state index is 10.9.